The second kappa shape index (κ2) is 4.94. The van der Waals surface area contributed by atoms with Crippen molar-refractivity contribution >= 4 is 17.9 Å². The number of halogens is 1. The van der Waals surface area contributed by atoms with Crippen LogP contribution in [-0.2, 0) is 6.42 Å². The molecule has 1 heterocycles. The Morgan fingerprint density at radius 1 is 1.28 bits per heavy atom. The van der Waals surface area contributed by atoms with Crippen molar-refractivity contribution in [2.45, 2.75) is 27.2 Å². The lowest BCUT2D eigenvalue weighted by Crippen LogP contribution is -1.98. The lowest BCUT2D eigenvalue weighted by atomic mass is 10.1. The van der Waals surface area contributed by atoms with Gasteiger partial charge in [0.25, 0.3) is 0 Å². The summed E-state index contributed by atoms with van der Waals surface area (Å²) in [5, 5.41) is 4.79. The summed E-state index contributed by atoms with van der Waals surface area (Å²) < 4.78 is 1.63. The lowest BCUT2D eigenvalue weighted by Gasteiger charge is -2.06. The van der Waals surface area contributed by atoms with Gasteiger partial charge in [-0.05, 0) is 43.5 Å². The Balaban J connectivity index is 2.63. The monoisotopic (exact) mass is 262 g/mol. The fraction of sp³-hybridized carbons (Fsp3) is 0.286. The first-order valence-corrected chi connectivity index (χ1v) is 6.25. The SMILES string of the molecule is CCc1nn(-c2cc(C)cc(C)c2)c(Cl)c1C=O. The number of carbonyl (C=O) groups is 1. The first kappa shape index (κ1) is 12.8. The standard InChI is InChI=1S/C14H15ClN2O/c1-4-13-12(8-18)14(15)17(16-13)11-6-9(2)5-10(3)7-11/h5-8H,4H2,1-3H3. The van der Waals surface area contributed by atoms with Crippen LogP contribution in [0, 0.1) is 13.8 Å². The van der Waals surface area contributed by atoms with Gasteiger partial charge in [0.1, 0.15) is 5.15 Å². The normalized spacial score (nSPS) is 10.7. The predicted molar refractivity (Wildman–Crippen MR) is 72.8 cm³/mol. The maximum Gasteiger partial charge on any atom is 0.155 e. The third kappa shape index (κ3) is 2.18. The van der Waals surface area contributed by atoms with Crippen LogP contribution in [0.4, 0.5) is 0 Å². The number of aromatic nitrogens is 2. The molecule has 3 nitrogen and oxygen atoms in total. The number of aldehydes is 1. The molecule has 18 heavy (non-hydrogen) atoms. The number of hydrogen-bond donors (Lipinski definition) is 0. The molecule has 0 saturated carbocycles. The van der Waals surface area contributed by atoms with E-state index in [2.05, 4.69) is 11.2 Å². The maximum atomic E-state index is 11.0. The molecule has 0 bridgehead atoms. The number of aryl methyl sites for hydroxylation is 3. The van der Waals surface area contributed by atoms with Crippen LogP contribution in [0.15, 0.2) is 18.2 Å². The van der Waals surface area contributed by atoms with E-state index in [4.69, 9.17) is 11.6 Å². The number of hydrogen-bond acceptors (Lipinski definition) is 2. The van der Waals surface area contributed by atoms with Crippen LogP contribution in [-0.4, -0.2) is 16.1 Å². The molecule has 1 aromatic carbocycles. The van der Waals surface area contributed by atoms with Gasteiger partial charge in [0.05, 0.1) is 16.9 Å². The zero-order valence-electron chi connectivity index (χ0n) is 10.7. The highest BCUT2D eigenvalue weighted by atomic mass is 35.5. The van der Waals surface area contributed by atoms with Crippen molar-refractivity contribution in [2.24, 2.45) is 0 Å². The molecule has 0 radical (unpaired) electrons. The summed E-state index contributed by atoms with van der Waals surface area (Å²) >= 11 is 6.22. The summed E-state index contributed by atoms with van der Waals surface area (Å²) in [5.74, 6) is 0. The number of carbonyl (C=O) groups excluding carboxylic acids is 1. The van der Waals surface area contributed by atoms with E-state index in [1.165, 1.54) is 0 Å². The zero-order chi connectivity index (χ0) is 13.3. The van der Waals surface area contributed by atoms with Crippen LogP contribution in [0.25, 0.3) is 5.69 Å². The van der Waals surface area contributed by atoms with Crippen molar-refractivity contribution in [3.8, 4) is 5.69 Å². The van der Waals surface area contributed by atoms with Crippen molar-refractivity contribution in [1.29, 1.82) is 0 Å². The van der Waals surface area contributed by atoms with Crippen LogP contribution in [0.2, 0.25) is 5.15 Å². The highest BCUT2D eigenvalue weighted by molar-refractivity contribution is 6.32. The van der Waals surface area contributed by atoms with Gasteiger partial charge in [-0.15, -0.1) is 0 Å². The fourth-order valence-electron chi connectivity index (χ4n) is 2.07. The van der Waals surface area contributed by atoms with Gasteiger partial charge >= 0.3 is 0 Å². The lowest BCUT2D eigenvalue weighted by molar-refractivity contribution is 0.112. The molecule has 0 aliphatic rings. The molecule has 0 aliphatic carbocycles. The Kier molecular flexibility index (Phi) is 3.53. The molecule has 0 fully saturated rings. The summed E-state index contributed by atoms with van der Waals surface area (Å²) in [6, 6.07) is 6.09. The molecule has 94 valence electrons. The quantitative estimate of drug-likeness (QED) is 0.794. The second-order valence-corrected chi connectivity index (χ2v) is 4.74. The van der Waals surface area contributed by atoms with Crippen LogP contribution < -0.4 is 0 Å². The van der Waals surface area contributed by atoms with E-state index < -0.39 is 0 Å². The zero-order valence-corrected chi connectivity index (χ0v) is 11.5. The minimum absolute atomic E-state index is 0.381. The second-order valence-electron chi connectivity index (χ2n) is 4.38. The molecule has 2 rings (SSSR count). The van der Waals surface area contributed by atoms with Gasteiger partial charge in [-0.3, -0.25) is 4.79 Å². The van der Waals surface area contributed by atoms with E-state index >= 15 is 0 Å². The van der Waals surface area contributed by atoms with Crippen LogP contribution in [0.5, 0.6) is 0 Å². The van der Waals surface area contributed by atoms with Crippen molar-refractivity contribution in [2.75, 3.05) is 0 Å². The maximum absolute atomic E-state index is 11.0. The van der Waals surface area contributed by atoms with Gasteiger partial charge in [0.2, 0.25) is 0 Å². The van der Waals surface area contributed by atoms with Crippen molar-refractivity contribution < 1.29 is 4.79 Å². The molecule has 1 aromatic heterocycles. The molecule has 4 heteroatoms. The smallest absolute Gasteiger partial charge is 0.155 e. The number of nitrogens with zero attached hydrogens (tertiary/aromatic N) is 2. The summed E-state index contributed by atoms with van der Waals surface area (Å²) in [7, 11) is 0. The van der Waals surface area contributed by atoms with Gasteiger partial charge in [0.15, 0.2) is 6.29 Å². The van der Waals surface area contributed by atoms with Gasteiger partial charge in [-0.1, -0.05) is 24.6 Å². The highest BCUT2D eigenvalue weighted by Crippen LogP contribution is 2.24. The fourth-order valence-corrected chi connectivity index (χ4v) is 2.36. The minimum Gasteiger partial charge on any atom is -0.298 e. The number of benzene rings is 1. The summed E-state index contributed by atoms with van der Waals surface area (Å²) in [6.45, 7) is 6.00. The Morgan fingerprint density at radius 3 is 2.33 bits per heavy atom. The molecular formula is C14H15ClN2O. The third-order valence-electron chi connectivity index (χ3n) is 2.84. The summed E-state index contributed by atoms with van der Waals surface area (Å²) in [6.07, 6.45) is 1.46. The Morgan fingerprint density at radius 2 is 1.89 bits per heavy atom. The Bertz CT molecular complexity index is 582. The van der Waals surface area contributed by atoms with E-state index in [-0.39, 0.29) is 0 Å². The first-order chi connectivity index (χ1) is 8.56. The molecule has 0 unspecified atom stereocenters. The van der Waals surface area contributed by atoms with Crippen molar-refractivity contribution in [3.63, 3.8) is 0 Å². The summed E-state index contributed by atoms with van der Waals surface area (Å²) in [5.41, 5.74) is 4.39. The predicted octanol–water partition coefficient (Wildman–Crippen LogP) is 3.52. The van der Waals surface area contributed by atoms with E-state index in [0.717, 1.165) is 28.8 Å². The topological polar surface area (TPSA) is 34.9 Å². The molecule has 2 aromatic rings. The Labute approximate surface area is 111 Å². The van der Waals surface area contributed by atoms with Crippen LogP contribution in [0.3, 0.4) is 0 Å². The first-order valence-electron chi connectivity index (χ1n) is 5.88. The van der Waals surface area contributed by atoms with Gasteiger partial charge in [-0.2, -0.15) is 5.10 Å². The van der Waals surface area contributed by atoms with Crippen LogP contribution in [0.1, 0.15) is 34.1 Å². The number of rotatable bonds is 3. The van der Waals surface area contributed by atoms with Crippen LogP contribution >= 0.6 is 11.6 Å². The molecule has 0 spiro atoms. The highest BCUT2D eigenvalue weighted by Gasteiger charge is 2.15. The molecule has 0 aliphatic heterocycles. The average Bonchev–Trinajstić information content (AvgIpc) is 2.64. The van der Waals surface area contributed by atoms with Gasteiger partial charge < -0.3 is 0 Å². The van der Waals surface area contributed by atoms with E-state index in [1.807, 2.05) is 32.9 Å². The molecule has 0 atom stereocenters. The molecule has 0 N–H and O–H groups in total. The molecule has 0 saturated heterocycles. The summed E-state index contributed by atoms with van der Waals surface area (Å²) in [4.78, 5) is 11.0. The molecule has 0 amide bonds. The Hall–Kier alpha value is -1.61. The average molecular weight is 263 g/mol. The van der Waals surface area contributed by atoms with E-state index in [1.54, 1.807) is 4.68 Å². The largest absolute Gasteiger partial charge is 0.298 e. The minimum atomic E-state index is 0.381. The van der Waals surface area contributed by atoms with Gasteiger partial charge in [-0.25, -0.2) is 4.68 Å². The van der Waals surface area contributed by atoms with Crippen molar-refractivity contribution in [3.05, 3.63) is 45.7 Å². The van der Waals surface area contributed by atoms with E-state index in [9.17, 15) is 4.79 Å². The van der Waals surface area contributed by atoms with Gasteiger partial charge in [0, 0.05) is 0 Å². The third-order valence-corrected chi connectivity index (χ3v) is 3.21. The molecular weight excluding hydrogens is 248 g/mol. The van der Waals surface area contributed by atoms with E-state index in [0.29, 0.717) is 17.1 Å². The van der Waals surface area contributed by atoms with Crippen molar-refractivity contribution in [1.82, 2.24) is 9.78 Å².